The molecule has 168 valence electrons. The van der Waals surface area contributed by atoms with Gasteiger partial charge in [0.15, 0.2) is 0 Å². The fourth-order valence-electron chi connectivity index (χ4n) is 3.46. The number of piperazine rings is 1. The molecule has 1 aliphatic heterocycles. The van der Waals surface area contributed by atoms with Crippen molar-refractivity contribution in [3.05, 3.63) is 51.1 Å². The van der Waals surface area contributed by atoms with Gasteiger partial charge in [-0.3, -0.25) is 14.4 Å². The fraction of sp³-hybridized carbons (Fsp3) is 0.450. The maximum Gasteiger partial charge on any atom is 0.264 e. The van der Waals surface area contributed by atoms with Gasteiger partial charge in [-0.25, -0.2) is 8.42 Å². The quantitative estimate of drug-likeness (QED) is 0.604. The van der Waals surface area contributed by atoms with Crippen LogP contribution in [-0.4, -0.2) is 78.2 Å². The highest BCUT2D eigenvalue weighted by Gasteiger charge is 2.26. The second kappa shape index (κ2) is 9.75. The largest absolute Gasteiger partial charge is 0.338 e. The van der Waals surface area contributed by atoms with E-state index in [1.54, 1.807) is 29.7 Å². The summed E-state index contributed by atoms with van der Waals surface area (Å²) in [6.45, 7) is 5.40. The summed E-state index contributed by atoms with van der Waals surface area (Å²) in [4.78, 5) is 41.3. The number of hydrogen-bond acceptors (Lipinski definition) is 6. The Morgan fingerprint density at radius 3 is 2.26 bits per heavy atom. The molecule has 0 N–H and O–H groups in total. The van der Waals surface area contributed by atoms with E-state index >= 15 is 0 Å². The molecule has 1 aliphatic rings. The number of hydrogen-bond donors (Lipinski definition) is 0. The molecule has 0 saturated carbocycles. The zero-order valence-electron chi connectivity index (χ0n) is 17.6. The van der Waals surface area contributed by atoms with Gasteiger partial charge in [0.25, 0.3) is 11.5 Å². The Kier molecular flexibility index (Phi) is 7.29. The summed E-state index contributed by atoms with van der Waals surface area (Å²) in [6.07, 6.45) is 1.23. The molecule has 11 heteroatoms. The number of amides is 2. The zero-order valence-corrected chi connectivity index (χ0v) is 19.2. The number of pyridine rings is 1. The minimum Gasteiger partial charge on any atom is -0.338 e. The third kappa shape index (κ3) is 5.05. The first kappa shape index (κ1) is 23.2. The van der Waals surface area contributed by atoms with Crippen molar-refractivity contribution >= 4 is 33.2 Å². The van der Waals surface area contributed by atoms with Crippen molar-refractivity contribution in [2.24, 2.45) is 0 Å². The smallest absolute Gasteiger partial charge is 0.264 e. The van der Waals surface area contributed by atoms with Crippen molar-refractivity contribution in [2.75, 3.05) is 39.3 Å². The van der Waals surface area contributed by atoms with Gasteiger partial charge < -0.3 is 14.4 Å². The molecule has 9 nitrogen and oxygen atoms in total. The highest BCUT2D eigenvalue weighted by Crippen LogP contribution is 2.15. The van der Waals surface area contributed by atoms with Gasteiger partial charge in [0.1, 0.15) is 6.54 Å². The van der Waals surface area contributed by atoms with Crippen molar-refractivity contribution in [1.29, 1.82) is 0 Å². The van der Waals surface area contributed by atoms with Crippen molar-refractivity contribution < 1.29 is 18.0 Å². The van der Waals surface area contributed by atoms with Crippen LogP contribution in [0.5, 0.6) is 0 Å². The average Bonchev–Trinajstić information content (AvgIpc) is 3.30. The first-order valence-electron chi connectivity index (χ1n) is 10.1. The lowest BCUT2D eigenvalue weighted by Crippen LogP contribution is -2.51. The van der Waals surface area contributed by atoms with E-state index in [9.17, 15) is 22.8 Å². The van der Waals surface area contributed by atoms with E-state index in [4.69, 9.17) is 0 Å². The highest BCUT2D eigenvalue weighted by molar-refractivity contribution is 7.89. The summed E-state index contributed by atoms with van der Waals surface area (Å²) in [6, 6.07) is 6.04. The second-order valence-electron chi connectivity index (χ2n) is 7.07. The summed E-state index contributed by atoms with van der Waals surface area (Å²) in [7, 11) is -3.73. The van der Waals surface area contributed by atoms with Gasteiger partial charge in [0.05, 0.1) is 9.77 Å². The van der Waals surface area contributed by atoms with Gasteiger partial charge in [0.2, 0.25) is 15.9 Å². The third-order valence-electron chi connectivity index (χ3n) is 5.26. The fourth-order valence-corrected chi connectivity index (χ4v) is 5.63. The molecule has 0 aliphatic carbocycles. The Balaban J connectivity index is 1.67. The van der Waals surface area contributed by atoms with E-state index < -0.39 is 15.6 Å². The van der Waals surface area contributed by atoms with Crippen LogP contribution in [0, 0.1) is 0 Å². The van der Waals surface area contributed by atoms with Gasteiger partial charge in [-0.1, -0.05) is 19.9 Å². The van der Waals surface area contributed by atoms with E-state index in [0.29, 0.717) is 44.1 Å². The minimum atomic E-state index is -3.73. The maximum absolute atomic E-state index is 12.7. The van der Waals surface area contributed by atoms with Gasteiger partial charge >= 0.3 is 0 Å². The van der Waals surface area contributed by atoms with E-state index in [-0.39, 0.29) is 23.3 Å². The molecule has 2 aromatic heterocycles. The van der Waals surface area contributed by atoms with E-state index in [1.165, 1.54) is 34.0 Å². The van der Waals surface area contributed by atoms with Crippen LogP contribution in [-0.2, 0) is 21.4 Å². The van der Waals surface area contributed by atoms with Crippen LogP contribution in [0.4, 0.5) is 0 Å². The Bertz CT molecular complexity index is 1080. The molecular weight excluding hydrogens is 440 g/mol. The molecule has 3 rings (SSSR count). The second-order valence-corrected chi connectivity index (χ2v) is 9.96. The van der Waals surface area contributed by atoms with Crippen molar-refractivity contribution in [1.82, 2.24) is 18.7 Å². The standard InChI is InChI=1S/C20H26N4O5S2/c1-3-24(4-2)31(28,29)16-7-8-18(25)23(14-16)15-19(26)21-9-11-22(12-10-21)20(27)17-6-5-13-30-17/h5-8,13-14H,3-4,9-12,15H2,1-2H3. The Labute approximate surface area is 185 Å². The molecule has 0 aromatic carbocycles. The highest BCUT2D eigenvalue weighted by atomic mass is 32.2. The summed E-state index contributed by atoms with van der Waals surface area (Å²) < 4.78 is 27.9. The summed E-state index contributed by atoms with van der Waals surface area (Å²) in [5, 5.41) is 1.85. The predicted molar refractivity (Wildman–Crippen MR) is 118 cm³/mol. The van der Waals surface area contributed by atoms with Crippen molar-refractivity contribution in [2.45, 2.75) is 25.3 Å². The molecule has 31 heavy (non-hydrogen) atoms. The number of thiophene rings is 1. The number of carbonyl (C=O) groups excluding carboxylic acids is 2. The molecule has 0 radical (unpaired) electrons. The lowest BCUT2D eigenvalue weighted by Gasteiger charge is -2.34. The maximum atomic E-state index is 12.7. The number of sulfonamides is 1. The van der Waals surface area contributed by atoms with E-state index in [1.807, 2.05) is 11.4 Å². The van der Waals surface area contributed by atoms with Gasteiger partial charge in [-0.15, -0.1) is 11.3 Å². The lowest BCUT2D eigenvalue weighted by molar-refractivity contribution is -0.133. The normalized spacial score (nSPS) is 14.8. The average molecular weight is 467 g/mol. The molecule has 0 bridgehead atoms. The van der Waals surface area contributed by atoms with Crippen LogP contribution in [0.15, 0.2) is 45.5 Å². The monoisotopic (exact) mass is 466 g/mol. The minimum absolute atomic E-state index is 0.0186. The van der Waals surface area contributed by atoms with Crippen LogP contribution < -0.4 is 5.56 Å². The van der Waals surface area contributed by atoms with Gasteiger partial charge in [0, 0.05) is 51.5 Å². The number of carbonyl (C=O) groups is 2. The number of aromatic nitrogens is 1. The van der Waals surface area contributed by atoms with Crippen LogP contribution in [0.25, 0.3) is 0 Å². The molecule has 1 saturated heterocycles. The van der Waals surface area contributed by atoms with Crippen molar-refractivity contribution in [3.8, 4) is 0 Å². The molecule has 3 heterocycles. The van der Waals surface area contributed by atoms with Crippen LogP contribution in [0.3, 0.4) is 0 Å². The molecule has 0 atom stereocenters. The molecule has 0 spiro atoms. The van der Waals surface area contributed by atoms with Gasteiger partial charge in [-0.2, -0.15) is 4.31 Å². The third-order valence-corrected chi connectivity index (χ3v) is 8.15. The van der Waals surface area contributed by atoms with Crippen LogP contribution in [0.1, 0.15) is 23.5 Å². The Hall–Kier alpha value is -2.50. The molecular formula is C20H26N4O5S2. The molecule has 1 fully saturated rings. The molecule has 0 unspecified atom stereocenters. The zero-order chi connectivity index (χ0) is 22.6. The van der Waals surface area contributed by atoms with Gasteiger partial charge in [-0.05, 0) is 17.5 Å². The first-order chi connectivity index (χ1) is 14.8. The lowest BCUT2D eigenvalue weighted by atomic mass is 10.3. The summed E-state index contributed by atoms with van der Waals surface area (Å²) in [5.74, 6) is -0.338. The van der Waals surface area contributed by atoms with E-state index in [0.717, 1.165) is 4.57 Å². The number of rotatable bonds is 7. The topological polar surface area (TPSA) is 100 Å². The number of nitrogens with zero attached hydrogens (tertiary/aromatic N) is 4. The van der Waals surface area contributed by atoms with Crippen LogP contribution in [0.2, 0.25) is 0 Å². The predicted octanol–water partition coefficient (Wildman–Crippen LogP) is 0.925. The first-order valence-corrected chi connectivity index (χ1v) is 12.4. The van der Waals surface area contributed by atoms with Crippen LogP contribution >= 0.6 is 11.3 Å². The molecule has 2 amide bonds. The summed E-state index contributed by atoms with van der Waals surface area (Å²) in [5.41, 5.74) is -0.446. The SMILES string of the molecule is CCN(CC)S(=O)(=O)c1ccc(=O)n(CC(=O)N2CCN(C(=O)c3cccs3)CC2)c1. The van der Waals surface area contributed by atoms with Crippen molar-refractivity contribution in [3.63, 3.8) is 0 Å². The van der Waals surface area contributed by atoms with E-state index in [2.05, 4.69) is 0 Å². The Morgan fingerprint density at radius 1 is 1.03 bits per heavy atom. The summed E-state index contributed by atoms with van der Waals surface area (Å²) >= 11 is 1.38. The Morgan fingerprint density at radius 2 is 1.68 bits per heavy atom. The molecule has 2 aromatic rings.